The molecule has 0 aromatic rings. The molecule has 1 heterocycles. The lowest BCUT2D eigenvalue weighted by atomic mass is 10.2. The van der Waals surface area contributed by atoms with Crippen molar-refractivity contribution in [2.24, 2.45) is 5.92 Å². The lowest BCUT2D eigenvalue weighted by Gasteiger charge is -2.22. The molecule has 1 aliphatic heterocycles. The summed E-state index contributed by atoms with van der Waals surface area (Å²) in [5, 5.41) is 0. The quantitative estimate of drug-likeness (QED) is 0.685. The molecule has 1 saturated heterocycles. The number of hydrogen-bond acceptors (Lipinski definition) is 4. The van der Waals surface area contributed by atoms with E-state index < -0.39 is 22.0 Å². The molecule has 2 aliphatic rings. The number of carbonyl (C=O) groups is 1. The third kappa shape index (κ3) is 2.98. The molecule has 98 valence electrons. The van der Waals surface area contributed by atoms with E-state index in [0.717, 1.165) is 19.3 Å². The van der Waals surface area contributed by atoms with Crippen LogP contribution in [0.4, 0.5) is 0 Å². The Labute approximate surface area is 102 Å². The van der Waals surface area contributed by atoms with E-state index in [4.69, 9.17) is 4.74 Å². The van der Waals surface area contributed by atoms with Crippen LogP contribution in [-0.2, 0) is 19.6 Å². The fourth-order valence-corrected chi connectivity index (χ4v) is 4.33. The molecule has 0 spiro atoms. The molecule has 1 unspecified atom stereocenters. The molecular weight excluding hydrogens is 242 g/mol. The molecule has 2 rings (SSSR count). The van der Waals surface area contributed by atoms with E-state index in [1.807, 2.05) is 0 Å². The number of nitrogens with zero attached hydrogens (tertiary/aromatic N) is 1. The van der Waals surface area contributed by atoms with Gasteiger partial charge >= 0.3 is 5.97 Å². The van der Waals surface area contributed by atoms with Gasteiger partial charge in [0.05, 0.1) is 12.4 Å². The Bertz CT molecular complexity index is 388. The van der Waals surface area contributed by atoms with Crippen molar-refractivity contribution < 1.29 is 17.9 Å². The Hall–Kier alpha value is -0.620. The molecule has 0 amide bonds. The van der Waals surface area contributed by atoms with Crippen molar-refractivity contribution in [3.63, 3.8) is 0 Å². The van der Waals surface area contributed by atoms with Crippen LogP contribution >= 0.6 is 0 Å². The summed E-state index contributed by atoms with van der Waals surface area (Å²) < 4.78 is 30.5. The largest absolute Gasteiger partial charge is 0.465 e. The van der Waals surface area contributed by atoms with Gasteiger partial charge in [-0.15, -0.1) is 0 Å². The molecule has 1 aliphatic carbocycles. The fourth-order valence-electron chi connectivity index (χ4n) is 2.23. The van der Waals surface area contributed by atoms with E-state index in [2.05, 4.69) is 0 Å². The van der Waals surface area contributed by atoms with Gasteiger partial charge in [-0.25, -0.2) is 8.42 Å². The maximum atomic E-state index is 12.1. The van der Waals surface area contributed by atoms with Crippen molar-refractivity contribution in [3.8, 4) is 0 Å². The minimum Gasteiger partial charge on any atom is -0.465 e. The van der Waals surface area contributed by atoms with Crippen LogP contribution in [0.1, 0.15) is 32.6 Å². The number of ether oxygens (including phenoxy) is 1. The minimum atomic E-state index is -3.28. The van der Waals surface area contributed by atoms with Gasteiger partial charge in [-0.3, -0.25) is 4.79 Å². The molecule has 0 aromatic carbocycles. The van der Waals surface area contributed by atoms with Gasteiger partial charge in [-0.1, -0.05) is 0 Å². The first-order chi connectivity index (χ1) is 8.04. The predicted octanol–water partition coefficient (Wildman–Crippen LogP) is 0.754. The molecule has 0 N–H and O–H groups in total. The second kappa shape index (κ2) is 4.94. The Kier molecular flexibility index (Phi) is 3.73. The van der Waals surface area contributed by atoms with E-state index >= 15 is 0 Å². The second-order valence-corrected chi connectivity index (χ2v) is 6.71. The maximum Gasteiger partial charge on any atom is 0.324 e. The first kappa shape index (κ1) is 12.8. The molecule has 6 heteroatoms. The third-order valence-electron chi connectivity index (χ3n) is 3.26. The monoisotopic (exact) mass is 261 g/mol. The molecule has 17 heavy (non-hydrogen) atoms. The number of hydrogen-bond donors (Lipinski definition) is 0. The summed E-state index contributed by atoms with van der Waals surface area (Å²) in [6, 6.07) is -0.585. The molecule has 5 nitrogen and oxygen atoms in total. The van der Waals surface area contributed by atoms with Crippen molar-refractivity contribution in [1.29, 1.82) is 0 Å². The SMILES string of the molecule is CCOC(=O)C1CCCN1S(=O)(=O)CC1CC1. The summed E-state index contributed by atoms with van der Waals surface area (Å²) in [4.78, 5) is 11.7. The Balaban J connectivity index is 2.05. The molecule has 1 saturated carbocycles. The number of rotatable bonds is 5. The van der Waals surface area contributed by atoms with Crippen LogP contribution < -0.4 is 0 Å². The van der Waals surface area contributed by atoms with Crippen molar-refractivity contribution in [3.05, 3.63) is 0 Å². The van der Waals surface area contributed by atoms with Crippen LogP contribution in [0.15, 0.2) is 0 Å². The van der Waals surface area contributed by atoms with Crippen LogP contribution in [0.3, 0.4) is 0 Å². The Morgan fingerprint density at radius 3 is 2.65 bits per heavy atom. The van der Waals surface area contributed by atoms with Crippen LogP contribution in [0, 0.1) is 5.92 Å². The predicted molar refractivity (Wildman–Crippen MR) is 62.9 cm³/mol. The van der Waals surface area contributed by atoms with Crippen molar-refractivity contribution in [2.45, 2.75) is 38.6 Å². The first-order valence-electron chi connectivity index (χ1n) is 6.20. The van der Waals surface area contributed by atoms with Crippen LogP contribution in [-0.4, -0.2) is 43.6 Å². The standard InChI is InChI=1S/C11H19NO4S/c1-2-16-11(13)10-4-3-7-12(10)17(14,15)8-9-5-6-9/h9-10H,2-8H2,1H3. The van der Waals surface area contributed by atoms with Gasteiger partial charge < -0.3 is 4.74 Å². The zero-order valence-electron chi connectivity index (χ0n) is 10.1. The average molecular weight is 261 g/mol. The van der Waals surface area contributed by atoms with E-state index in [-0.39, 0.29) is 5.75 Å². The summed E-state index contributed by atoms with van der Waals surface area (Å²) in [6.07, 6.45) is 3.32. The van der Waals surface area contributed by atoms with Crippen LogP contribution in [0.5, 0.6) is 0 Å². The van der Waals surface area contributed by atoms with Gasteiger partial charge in [0.25, 0.3) is 0 Å². The van der Waals surface area contributed by atoms with E-state index in [9.17, 15) is 13.2 Å². The smallest absolute Gasteiger partial charge is 0.324 e. The van der Waals surface area contributed by atoms with Crippen molar-refractivity contribution in [2.75, 3.05) is 18.9 Å². The van der Waals surface area contributed by atoms with Crippen molar-refractivity contribution in [1.82, 2.24) is 4.31 Å². The summed E-state index contributed by atoms with van der Waals surface area (Å²) in [5.41, 5.74) is 0. The maximum absolute atomic E-state index is 12.1. The van der Waals surface area contributed by atoms with E-state index in [1.165, 1.54) is 4.31 Å². The van der Waals surface area contributed by atoms with Gasteiger partial charge in [-0.2, -0.15) is 4.31 Å². The fraction of sp³-hybridized carbons (Fsp3) is 0.909. The lowest BCUT2D eigenvalue weighted by molar-refractivity contribution is -0.146. The average Bonchev–Trinajstić information content (AvgIpc) is 2.91. The molecule has 1 atom stereocenters. The highest BCUT2D eigenvalue weighted by Crippen LogP contribution is 2.33. The van der Waals surface area contributed by atoms with Crippen LogP contribution in [0.2, 0.25) is 0 Å². The van der Waals surface area contributed by atoms with Gasteiger partial charge in [0, 0.05) is 6.54 Å². The number of esters is 1. The summed E-state index contributed by atoms with van der Waals surface area (Å²) in [5.74, 6) is 0.107. The van der Waals surface area contributed by atoms with Gasteiger partial charge in [0.1, 0.15) is 6.04 Å². The Morgan fingerprint density at radius 2 is 2.06 bits per heavy atom. The van der Waals surface area contributed by atoms with Gasteiger partial charge in [0.15, 0.2) is 0 Å². The van der Waals surface area contributed by atoms with E-state index in [1.54, 1.807) is 6.92 Å². The highest BCUT2D eigenvalue weighted by Gasteiger charge is 2.41. The molecule has 0 aromatic heterocycles. The molecule has 0 bridgehead atoms. The lowest BCUT2D eigenvalue weighted by Crippen LogP contribution is -2.42. The topological polar surface area (TPSA) is 63.7 Å². The normalized spacial score (nSPS) is 26.1. The first-order valence-corrected chi connectivity index (χ1v) is 7.81. The summed E-state index contributed by atoms with van der Waals surface area (Å²) >= 11 is 0. The summed E-state index contributed by atoms with van der Waals surface area (Å²) in [6.45, 7) is 2.49. The van der Waals surface area contributed by atoms with Gasteiger partial charge in [0.2, 0.25) is 10.0 Å². The number of carbonyl (C=O) groups excluding carboxylic acids is 1. The van der Waals surface area contributed by atoms with Gasteiger partial charge in [-0.05, 0) is 38.5 Å². The third-order valence-corrected chi connectivity index (χ3v) is 5.31. The van der Waals surface area contributed by atoms with Crippen LogP contribution in [0.25, 0.3) is 0 Å². The molecular formula is C11H19NO4S. The number of sulfonamides is 1. The highest BCUT2D eigenvalue weighted by molar-refractivity contribution is 7.89. The highest BCUT2D eigenvalue weighted by atomic mass is 32.2. The van der Waals surface area contributed by atoms with Crippen molar-refractivity contribution >= 4 is 16.0 Å². The second-order valence-electron chi connectivity index (χ2n) is 4.74. The molecule has 0 radical (unpaired) electrons. The molecule has 2 fully saturated rings. The minimum absolute atomic E-state index is 0.197. The Morgan fingerprint density at radius 1 is 1.35 bits per heavy atom. The zero-order valence-corrected chi connectivity index (χ0v) is 10.9. The summed E-state index contributed by atoms with van der Waals surface area (Å²) in [7, 11) is -3.28. The van der Waals surface area contributed by atoms with E-state index in [0.29, 0.717) is 25.5 Å². The zero-order chi connectivity index (χ0) is 12.5.